The topological polar surface area (TPSA) is 94.1 Å². The molecule has 1 N–H and O–H groups in total. The van der Waals surface area contributed by atoms with Crippen LogP contribution < -0.4 is 4.90 Å². The lowest BCUT2D eigenvalue weighted by Crippen LogP contribution is -2.53. The van der Waals surface area contributed by atoms with Crippen molar-refractivity contribution in [3.8, 4) is 0 Å². The third-order valence-electron chi connectivity index (χ3n) is 4.11. The van der Waals surface area contributed by atoms with E-state index >= 15 is 0 Å². The third kappa shape index (κ3) is 4.68. The Balaban J connectivity index is 2.05. The second kappa shape index (κ2) is 8.59. The number of carboxylic acid groups (broad SMARTS) is 1. The van der Waals surface area contributed by atoms with E-state index in [2.05, 4.69) is 4.98 Å². The van der Waals surface area contributed by atoms with Crippen molar-refractivity contribution in [2.75, 3.05) is 44.2 Å². The highest BCUT2D eigenvalue weighted by atomic mass is 32.2. The maximum Gasteiger partial charge on any atom is 0.354 e. The third-order valence-corrected chi connectivity index (χ3v) is 6.15. The smallest absolute Gasteiger partial charge is 0.354 e. The standard InChI is InChI=1S/C16H26N4O4S/c1-3-8-19(9-4-2)25(23,24)20-12-10-18(11-13-20)15-7-5-6-14(17-15)16(21)22/h5-7H,3-4,8-13H2,1-2H3,(H,21,22). The van der Waals surface area contributed by atoms with Gasteiger partial charge in [0.2, 0.25) is 0 Å². The normalized spacial score (nSPS) is 16.4. The van der Waals surface area contributed by atoms with Crippen LogP contribution >= 0.6 is 0 Å². The Morgan fingerprint density at radius 3 is 2.28 bits per heavy atom. The lowest BCUT2D eigenvalue weighted by molar-refractivity contribution is 0.0690. The van der Waals surface area contributed by atoms with Crippen LogP contribution in [-0.2, 0) is 10.2 Å². The van der Waals surface area contributed by atoms with Gasteiger partial charge in [0.05, 0.1) is 0 Å². The highest BCUT2D eigenvalue weighted by Gasteiger charge is 2.31. The average Bonchev–Trinajstić information content (AvgIpc) is 2.61. The van der Waals surface area contributed by atoms with Crippen molar-refractivity contribution >= 4 is 22.0 Å². The molecule has 140 valence electrons. The Hall–Kier alpha value is -1.71. The minimum atomic E-state index is -3.45. The van der Waals surface area contributed by atoms with E-state index in [9.17, 15) is 13.2 Å². The van der Waals surface area contributed by atoms with Crippen LogP contribution in [0.15, 0.2) is 18.2 Å². The van der Waals surface area contributed by atoms with E-state index in [1.807, 2.05) is 18.7 Å². The van der Waals surface area contributed by atoms with Crippen LogP contribution in [0.5, 0.6) is 0 Å². The minimum Gasteiger partial charge on any atom is -0.477 e. The fraction of sp³-hybridized carbons (Fsp3) is 0.625. The Morgan fingerprint density at radius 1 is 1.16 bits per heavy atom. The van der Waals surface area contributed by atoms with Gasteiger partial charge >= 0.3 is 5.97 Å². The Kier molecular flexibility index (Phi) is 6.74. The molecule has 0 bridgehead atoms. The van der Waals surface area contributed by atoms with E-state index < -0.39 is 16.2 Å². The molecule has 0 atom stereocenters. The van der Waals surface area contributed by atoms with Gasteiger partial charge in [-0.2, -0.15) is 17.0 Å². The summed E-state index contributed by atoms with van der Waals surface area (Å²) in [7, 11) is -3.45. The molecule has 25 heavy (non-hydrogen) atoms. The van der Waals surface area contributed by atoms with Crippen molar-refractivity contribution in [3.05, 3.63) is 23.9 Å². The molecule has 0 amide bonds. The van der Waals surface area contributed by atoms with Gasteiger partial charge in [0, 0.05) is 39.3 Å². The second-order valence-corrected chi connectivity index (χ2v) is 7.91. The molecule has 0 aromatic carbocycles. The van der Waals surface area contributed by atoms with Crippen LogP contribution in [0.3, 0.4) is 0 Å². The van der Waals surface area contributed by atoms with Crippen LogP contribution in [0.25, 0.3) is 0 Å². The van der Waals surface area contributed by atoms with Crippen molar-refractivity contribution in [3.63, 3.8) is 0 Å². The number of piperazine rings is 1. The monoisotopic (exact) mass is 370 g/mol. The SMILES string of the molecule is CCCN(CCC)S(=O)(=O)N1CCN(c2cccc(C(=O)O)n2)CC1. The number of aromatic nitrogens is 1. The van der Waals surface area contributed by atoms with E-state index in [0.717, 1.165) is 12.8 Å². The van der Waals surface area contributed by atoms with Crippen molar-refractivity contribution in [1.82, 2.24) is 13.6 Å². The second-order valence-electron chi connectivity index (χ2n) is 5.98. The van der Waals surface area contributed by atoms with E-state index in [1.54, 1.807) is 16.4 Å². The van der Waals surface area contributed by atoms with Crippen molar-refractivity contribution < 1.29 is 18.3 Å². The Labute approximate surface area is 149 Å². The first-order valence-electron chi connectivity index (χ1n) is 8.60. The van der Waals surface area contributed by atoms with Crippen LogP contribution in [0.1, 0.15) is 37.2 Å². The molecule has 1 fully saturated rings. The first-order valence-corrected chi connectivity index (χ1v) is 10.00. The number of pyridine rings is 1. The predicted molar refractivity (Wildman–Crippen MR) is 96.1 cm³/mol. The maximum atomic E-state index is 12.8. The summed E-state index contributed by atoms with van der Waals surface area (Å²) in [6.07, 6.45) is 1.57. The number of carbonyl (C=O) groups is 1. The van der Waals surface area contributed by atoms with E-state index in [0.29, 0.717) is 45.1 Å². The predicted octanol–water partition coefficient (Wildman–Crippen LogP) is 1.27. The van der Waals surface area contributed by atoms with Gasteiger partial charge in [-0.1, -0.05) is 19.9 Å². The number of aromatic carboxylic acids is 1. The first kappa shape index (κ1) is 19.6. The molecule has 0 unspecified atom stereocenters. The Morgan fingerprint density at radius 2 is 1.76 bits per heavy atom. The molecule has 0 aliphatic carbocycles. The fourth-order valence-electron chi connectivity index (χ4n) is 2.87. The zero-order chi connectivity index (χ0) is 18.4. The molecule has 0 spiro atoms. The van der Waals surface area contributed by atoms with Crippen LogP contribution in [0, 0.1) is 0 Å². The summed E-state index contributed by atoms with van der Waals surface area (Å²) in [5, 5.41) is 9.04. The molecule has 9 heteroatoms. The van der Waals surface area contributed by atoms with Gasteiger partial charge in [-0.05, 0) is 25.0 Å². The van der Waals surface area contributed by atoms with Crippen LogP contribution in [-0.4, -0.2) is 72.4 Å². The molecular weight excluding hydrogens is 344 g/mol. The lowest BCUT2D eigenvalue weighted by atomic mass is 10.3. The highest BCUT2D eigenvalue weighted by Crippen LogP contribution is 2.18. The molecule has 1 saturated heterocycles. The summed E-state index contributed by atoms with van der Waals surface area (Å²) in [6, 6.07) is 4.84. The zero-order valence-electron chi connectivity index (χ0n) is 14.8. The number of hydrogen-bond acceptors (Lipinski definition) is 5. The summed E-state index contributed by atoms with van der Waals surface area (Å²) in [5.74, 6) is -0.506. The molecular formula is C16H26N4O4S. The van der Waals surface area contributed by atoms with Gasteiger partial charge in [-0.3, -0.25) is 0 Å². The van der Waals surface area contributed by atoms with Crippen LogP contribution in [0.2, 0.25) is 0 Å². The first-order chi connectivity index (χ1) is 11.9. The van der Waals surface area contributed by atoms with Gasteiger partial charge in [0.25, 0.3) is 10.2 Å². The van der Waals surface area contributed by atoms with E-state index in [4.69, 9.17) is 5.11 Å². The van der Waals surface area contributed by atoms with E-state index in [-0.39, 0.29) is 5.69 Å². The quantitative estimate of drug-likeness (QED) is 0.741. The van der Waals surface area contributed by atoms with Gasteiger partial charge in [0.15, 0.2) is 5.69 Å². The van der Waals surface area contributed by atoms with Gasteiger partial charge in [-0.25, -0.2) is 9.78 Å². The van der Waals surface area contributed by atoms with Crippen molar-refractivity contribution in [1.29, 1.82) is 0 Å². The van der Waals surface area contributed by atoms with Crippen molar-refractivity contribution in [2.45, 2.75) is 26.7 Å². The van der Waals surface area contributed by atoms with Crippen molar-refractivity contribution in [2.24, 2.45) is 0 Å². The molecule has 1 aromatic rings. The fourth-order valence-corrected chi connectivity index (χ4v) is 4.65. The Bertz CT molecular complexity index is 681. The minimum absolute atomic E-state index is 0.00961. The molecule has 8 nitrogen and oxygen atoms in total. The highest BCUT2D eigenvalue weighted by molar-refractivity contribution is 7.86. The lowest BCUT2D eigenvalue weighted by Gasteiger charge is -2.37. The number of rotatable bonds is 8. The zero-order valence-corrected chi connectivity index (χ0v) is 15.6. The number of nitrogens with zero attached hydrogens (tertiary/aromatic N) is 4. The molecule has 2 heterocycles. The number of carboxylic acids is 1. The summed E-state index contributed by atoms with van der Waals surface area (Å²) >= 11 is 0. The van der Waals surface area contributed by atoms with Gasteiger partial charge < -0.3 is 10.0 Å². The average molecular weight is 370 g/mol. The number of anilines is 1. The molecule has 1 aromatic heterocycles. The molecule has 1 aliphatic heterocycles. The molecule has 0 saturated carbocycles. The molecule has 0 radical (unpaired) electrons. The summed E-state index contributed by atoms with van der Waals surface area (Å²) < 4.78 is 28.6. The van der Waals surface area contributed by atoms with E-state index in [1.165, 1.54) is 10.4 Å². The molecule has 2 rings (SSSR count). The maximum absolute atomic E-state index is 12.8. The molecule has 1 aliphatic rings. The van der Waals surface area contributed by atoms with Crippen LogP contribution in [0.4, 0.5) is 5.82 Å². The summed E-state index contributed by atoms with van der Waals surface area (Å²) in [5.41, 5.74) is -0.00961. The number of hydrogen-bond donors (Lipinski definition) is 1. The summed E-state index contributed by atoms with van der Waals surface area (Å²) in [4.78, 5) is 17.1. The largest absolute Gasteiger partial charge is 0.477 e. The van der Waals surface area contributed by atoms with Gasteiger partial charge in [-0.15, -0.1) is 0 Å². The van der Waals surface area contributed by atoms with Gasteiger partial charge in [0.1, 0.15) is 5.82 Å². The summed E-state index contributed by atoms with van der Waals surface area (Å²) in [6.45, 7) is 6.70.